The molecular formula is C25H27F3N2O3. The van der Waals surface area contributed by atoms with Gasteiger partial charge in [0.15, 0.2) is 0 Å². The summed E-state index contributed by atoms with van der Waals surface area (Å²) in [5.74, 6) is 0.544. The monoisotopic (exact) mass is 460 g/mol. The molecule has 176 valence electrons. The molecule has 2 aliphatic rings. The van der Waals surface area contributed by atoms with Crippen LogP contribution in [0.5, 0.6) is 5.75 Å². The highest BCUT2D eigenvalue weighted by Crippen LogP contribution is 2.59. The van der Waals surface area contributed by atoms with E-state index in [1.807, 2.05) is 24.3 Å². The lowest BCUT2D eigenvalue weighted by molar-refractivity contribution is -0.137. The molecule has 1 saturated heterocycles. The first kappa shape index (κ1) is 23.1. The van der Waals surface area contributed by atoms with Gasteiger partial charge in [0.25, 0.3) is 5.91 Å². The summed E-state index contributed by atoms with van der Waals surface area (Å²) in [7, 11) is 1.62. The van der Waals surface area contributed by atoms with Crippen molar-refractivity contribution in [3.05, 3.63) is 65.2 Å². The summed E-state index contributed by atoms with van der Waals surface area (Å²) in [4.78, 5) is 27.0. The number of nitrogens with one attached hydrogen (secondary N) is 1. The number of ether oxygens (including phenoxy) is 1. The van der Waals surface area contributed by atoms with Crippen LogP contribution in [0.15, 0.2) is 48.5 Å². The fourth-order valence-corrected chi connectivity index (χ4v) is 4.69. The van der Waals surface area contributed by atoms with E-state index < -0.39 is 11.7 Å². The molecule has 4 rings (SSSR count). The Kier molecular flexibility index (Phi) is 6.36. The molecule has 1 saturated carbocycles. The molecule has 1 heterocycles. The van der Waals surface area contributed by atoms with E-state index in [9.17, 15) is 22.8 Å². The fourth-order valence-electron chi connectivity index (χ4n) is 4.69. The van der Waals surface area contributed by atoms with E-state index in [2.05, 4.69) is 5.32 Å². The molecule has 2 aromatic rings. The van der Waals surface area contributed by atoms with Crippen molar-refractivity contribution in [1.29, 1.82) is 0 Å². The lowest BCUT2D eigenvalue weighted by Crippen LogP contribution is -2.40. The molecular weight excluding hydrogens is 433 g/mol. The van der Waals surface area contributed by atoms with E-state index in [0.29, 0.717) is 19.6 Å². The van der Waals surface area contributed by atoms with Crippen molar-refractivity contribution in [2.45, 2.75) is 31.9 Å². The van der Waals surface area contributed by atoms with Crippen LogP contribution in [0.3, 0.4) is 0 Å². The third kappa shape index (κ3) is 5.15. The highest BCUT2D eigenvalue weighted by Gasteiger charge is 2.58. The third-order valence-corrected chi connectivity index (χ3v) is 6.86. The molecule has 0 aromatic heterocycles. The maximum Gasteiger partial charge on any atom is 0.416 e. The van der Waals surface area contributed by atoms with Gasteiger partial charge in [0, 0.05) is 31.1 Å². The Morgan fingerprint density at radius 1 is 1.12 bits per heavy atom. The van der Waals surface area contributed by atoms with Crippen LogP contribution < -0.4 is 10.1 Å². The van der Waals surface area contributed by atoms with Crippen LogP contribution in [0.1, 0.15) is 40.7 Å². The maximum absolute atomic E-state index is 12.7. The number of likely N-dealkylation sites (tertiary alicyclic amines) is 1. The zero-order valence-electron chi connectivity index (χ0n) is 18.5. The highest BCUT2D eigenvalue weighted by atomic mass is 19.4. The zero-order valence-corrected chi connectivity index (χ0v) is 18.5. The van der Waals surface area contributed by atoms with E-state index in [4.69, 9.17) is 4.74 Å². The quantitative estimate of drug-likeness (QED) is 0.699. The summed E-state index contributed by atoms with van der Waals surface area (Å²) in [6.07, 6.45) is -1.42. The van der Waals surface area contributed by atoms with Crippen molar-refractivity contribution in [2.75, 3.05) is 26.7 Å². The standard InChI is InChI=1S/C25H27F3N2O3/c1-33-20-4-2-3-17(15-20)9-12-29-22(31)21-16-24(21)10-13-30(14-11-24)23(32)18-5-7-19(8-6-18)25(26,27)28/h2-8,15,21H,9-14,16H2,1H3,(H,29,31)/t21-/m0/s1. The minimum absolute atomic E-state index is 0.0360. The van der Waals surface area contributed by atoms with Crippen molar-refractivity contribution < 1.29 is 27.5 Å². The molecule has 1 aliphatic heterocycles. The molecule has 1 aliphatic carbocycles. The Labute approximate surface area is 190 Å². The summed E-state index contributed by atoms with van der Waals surface area (Å²) < 4.78 is 43.4. The number of halogens is 3. The molecule has 33 heavy (non-hydrogen) atoms. The van der Waals surface area contributed by atoms with Gasteiger partial charge in [-0.2, -0.15) is 13.2 Å². The number of hydrogen-bond acceptors (Lipinski definition) is 3. The molecule has 2 fully saturated rings. The summed E-state index contributed by atoms with van der Waals surface area (Å²) in [5, 5.41) is 3.03. The fraction of sp³-hybridized carbons (Fsp3) is 0.440. The lowest BCUT2D eigenvalue weighted by atomic mass is 9.90. The molecule has 1 spiro atoms. The molecule has 2 amide bonds. The molecule has 0 radical (unpaired) electrons. The third-order valence-electron chi connectivity index (χ3n) is 6.86. The van der Waals surface area contributed by atoms with Gasteiger partial charge in [-0.15, -0.1) is 0 Å². The zero-order chi connectivity index (χ0) is 23.6. The first-order chi connectivity index (χ1) is 15.7. The van der Waals surface area contributed by atoms with E-state index >= 15 is 0 Å². The largest absolute Gasteiger partial charge is 0.497 e. The maximum atomic E-state index is 12.7. The van der Waals surface area contributed by atoms with E-state index in [-0.39, 0.29) is 28.7 Å². The number of methoxy groups -OCH3 is 1. The second kappa shape index (κ2) is 9.08. The van der Waals surface area contributed by atoms with E-state index in [0.717, 1.165) is 49.1 Å². The van der Waals surface area contributed by atoms with Crippen LogP contribution in [-0.2, 0) is 17.4 Å². The predicted octanol–water partition coefficient (Wildman–Crippen LogP) is 4.32. The summed E-state index contributed by atoms with van der Waals surface area (Å²) in [6.45, 7) is 1.57. The van der Waals surface area contributed by atoms with Gasteiger partial charge >= 0.3 is 6.18 Å². The Balaban J connectivity index is 1.24. The van der Waals surface area contributed by atoms with Crippen LogP contribution in [0.2, 0.25) is 0 Å². The average molecular weight is 460 g/mol. The Hall–Kier alpha value is -3.03. The van der Waals surface area contributed by atoms with Crippen molar-refractivity contribution in [3.8, 4) is 5.75 Å². The number of rotatable bonds is 6. The summed E-state index contributed by atoms with van der Waals surface area (Å²) in [6, 6.07) is 12.1. The smallest absolute Gasteiger partial charge is 0.416 e. The summed E-state index contributed by atoms with van der Waals surface area (Å²) in [5.41, 5.74) is 0.517. The number of hydrogen-bond donors (Lipinski definition) is 1. The molecule has 1 atom stereocenters. The van der Waals surface area contributed by atoms with Crippen molar-refractivity contribution in [3.63, 3.8) is 0 Å². The van der Waals surface area contributed by atoms with E-state index in [1.54, 1.807) is 12.0 Å². The Morgan fingerprint density at radius 2 is 1.82 bits per heavy atom. The second-order valence-electron chi connectivity index (χ2n) is 8.88. The van der Waals surface area contributed by atoms with E-state index in [1.165, 1.54) is 12.1 Å². The van der Waals surface area contributed by atoms with Gasteiger partial charge in [0.2, 0.25) is 5.91 Å². The first-order valence-electron chi connectivity index (χ1n) is 11.1. The lowest BCUT2D eigenvalue weighted by Gasteiger charge is -2.33. The molecule has 5 nitrogen and oxygen atoms in total. The number of amides is 2. The minimum atomic E-state index is -4.42. The molecule has 0 unspecified atom stereocenters. The predicted molar refractivity (Wildman–Crippen MR) is 117 cm³/mol. The van der Waals surface area contributed by atoms with Gasteiger partial charge < -0.3 is 15.0 Å². The Bertz CT molecular complexity index is 1010. The van der Waals surface area contributed by atoms with Gasteiger partial charge in [-0.05, 0) is 73.1 Å². The number of alkyl halides is 3. The first-order valence-corrected chi connectivity index (χ1v) is 11.1. The van der Waals surface area contributed by atoms with Crippen LogP contribution in [0.4, 0.5) is 13.2 Å². The normalized spacial score (nSPS) is 19.3. The second-order valence-corrected chi connectivity index (χ2v) is 8.88. The number of carbonyl (C=O) groups excluding carboxylic acids is 2. The number of nitrogens with zero attached hydrogens (tertiary/aromatic N) is 1. The number of benzene rings is 2. The van der Waals surface area contributed by atoms with Gasteiger partial charge in [-0.3, -0.25) is 9.59 Å². The number of piperidine rings is 1. The van der Waals surface area contributed by atoms with Crippen LogP contribution in [-0.4, -0.2) is 43.5 Å². The van der Waals surface area contributed by atoms with Crippen molar-refractivity contribution >= 4 is 11.8 Å². The molecule has 0 bridgehead atoms. The molecule has 1 N–H and O–H groups in total. The SMILES string of the molecule is COc1cccc(CCNC(=O)[C@@H]2CC23CCN(C(=O)c2ccc(C(F)(F)F)cc2)CC3)c1. The Morgan fingerprint density at radius 3 is 2.45 bits per heavy atom. The van der Waals surface area contributed by atoms with Crippen molar-refractivity contribution in [1.82, 2.24) is 10.2 Å². The van der Waals surface area contributed by atoms with Crippen molar-refractivity contribution in [2.24, 2.45) is 11.3 Å². The van der Waals surface area contributed by atoms with Crippen LogP contribution in [0, 0.1) is 11.3 Å². The number of carbonyl (C=O) groups is 2. The van der Waals surface area contributed by atoms with Gasteiger partial charge in [-0.25, -0.2) is 0 Å². The van der Waals surface area contributed by atoms with Crippen LogP contribution >= 0.6 is 0 Å². The van der Waals surface area contributed by atoms with Gasteiger partial charge in [-0.1, -0.05) is 12.1 Å². The topological polar surface area (TPSA) is 58.6 Å². The molecule has 2 aromatic carbocycles. The van der Waals surface area contributed by atoms with Crippen LogP contribution in [0.25, 0.3) is 0 Å². The summed E-state index contributed by atoms with van der Waals surface area (Å²) >= 11 is 0. The molecule has 8 heteroatoms. The van der Waals surface area contributed by atoms with Gasteiger partial charge in [0.05, 0.1) is 12.7 Å². The minimum Gasteiger partial charge on any atom is -0.497 e. The van der Waals surface area contributed by atoms with Gasteiger partial charge in [0.1, 0.15) is 5.75 Å². The average Bonchev–Trinajstić information content (AvgIpc) is 3.52. The highest BCUT2D eigenvalue weighted by molar-refractivity contribution is 5.94.